The Labute approximate surface area is 173 Å². The number of rotatable bonds is 6. The molecule has 2 aromatic rings. The molecule has 29 heavy (non-hydrogen) atoms. The zero-order chi connectivity index (χ0) is 21.0. The number of carbonyl (C=O) groups is 2. The number of nitriles is 1. The first-order chi connectivity index (χ1) is 14.0. The number of aliphatic hydroxyl groups is 1. The number of hydrogen-bond donors (Lipinski definition) is 2. The van der Waals surface area contributed by atoms with Gasteiger partial charge in [-0.15, -0.1) is 11.3 Å². The van der Waals surface area contributed by atoms with Gasteiger partial charge in [0.2, 0.25) is 11.8 Å². The van der Waals surface area contributed by atoms with E-state index in [4.69, 9.17) is 9.84 Å². The predicted molar refractivity (Wildman–Crippen MR) is 110 cm³/mol. The molecule has 1 aromatic carbocycles. The number of thiophene rings is 1. The van der Waals surface area contributed by atoms with Crippen molar-refractivity contribution in [2.75, 3.05) is 25.6 Å². The van der Waals surface area contributed by atoms with Gasteiger partial charge in [0.1, 0.15) is 23.4 Å². The van der Waals surface area contributed by atoms with Crippen LogP contribution in [0.25, 0.3) is 0 Å². The van der Waals surface area contributed by atoms with Crippen LogP contribution >= 0.6 is 11.3 Å². The summed E-state index contributed by atoms with van der Waals surface area (Å²) in [5.41, 5.74) is 3.42. The van der Waals surface area contributed by atoms with E-state index in [1.165, 1.54) is 11.3 Å². The standard InChI is InChI=1S/C21H23N3O4S/c1-13-3-5-17(28-2)14(9-13)4-6-19(26)23-21-16(10-22)15-7-8-24(20(27)12-25)11-18(15)29-21/h3,5,9,25H,4,6-8,11-12H2,1-2H3,(H,23,26). The fourth-order valence-corrected chi connectivity index (χ4v) is 4.69. The van der Waals surface area contributed by atoms with Gasteiger partial charge in [0.25, 0.3) is 0 Å². The molecule has 1 aliphatic heterocycles. The van der Waals surface area contributed by atoms with Crippen LogP contribution in [0.3, 0.4) is 0 Å². The van der Waals surface area contributed by atoms with E-state index in [-0.39, 0.29) is 18.2 Å². The zero-order valence-corrected chi connectivity index (χ0v) is 17.3. The molecular formula is C21H23N3O4S. The Hall–Kier alpha value is -2.89. The third-order valence-corrected chi connectivity index (χ3v) is 6.10. The van der Waals surface area contributed by atoms with Crippen molar-refractivity contribution in [1.82, 2.24) is 4.90 Å². The number of carbonyl (C=O) groups excluding carboxylic acids is 2. The lowest BCUT2D eigenvalue weighted by molar-refractivity contribution is -0.135. The second-order valence-corrected chi connectivity index (χ2v) is 8.01. The summed E-state index contributed by atoms with van der Waals surface area (Å²) in [6.45, 7) is 2.27. The molecule has 0 aliphatic carbocycles. The molecule has 152 valence electrons. The van der Waals surface area contributed by atoms with E-state index in [2.05, 4.69) is 11.4 Å². The van der Waals surface area contributed by atoms with E-state index in [9.17, 15) is 14.9 Å². The van der Waals surface area contributed by atoms with Crippen LogP contribution < -0.4 is 10.1 Å². The average Bonchev–Trinajstić information content (AvgIpc) is 3.07. The molecule has 0 unspecified atom stereocenters. The minimum absolute atomic E-state index is 0.174. The maximum Gasteiger partial charge on any atom is 0.248 e. The van der Waals surface area contributed by atoms with Crippen molar-refractivity contribution in [3.05, 3.63) is 45.3 Å². The number of benzene rings is 1. The van der Waals surface area contributed by atoms with Gasteiger partial charge in [0.15, 0.2) is 0 Å². The topological polar surface area (TPSA) is 103 Å². The summed E-state index contributed by atoms with van der Waals surface area (Å²) < 4.78 is 5.36. The lowest BCUT2D eigenvalue weighted by atomic mass is 10.0. The number of aryl methyl sites for hydroxylation is 2. The number of nitrogens with zero attached hydrogens (tertiary/aromatic N) is 2. The van der Waals surface area contributed by atoms with Gasteiger partial charge in [-0.2, -0.15) is 5.26 Å². The minimum Gasteiger partial charge on any atom is -0.496 e. The fourth-order valence-electron chi connectivity index (χ4n) is 3.46. The van der Waals surface area contributed by atoms with Crippen LogP contribution in [0.2, 0.25) is 0 Å². The van der Waals surface area contributed by atoms with E-state index in [0.29, 0.717) is 36.5 Å². The predicted octanol–water partition coefficient (Wildman–Crippen LogP) is 2.39. The highest BCUT2D eigenvalue weighted by molar-refractivity contribution is 7.16. The first kappa shape index (κ1) is 20.8. The summed E-state index contributed by atoms with van der Waals surface area (Å²) in [7, 11) is 1.61. The van der Waals surface area contributed by atoms with Crippen LogP contribution in [-0.4, -0.2) is 42.1 Å². The van der Waals surface area contributed by atoms with Crippen molar-refractivity contribution in [2.45, 2.75) is 32.7 Å². The zero-order valence-electron chi connectivity index (χ0n) is 16.4. The summed E-state index contributed by atoms with van der Waals surface area (Å²) in [5.74, 6) is 0.244. The van der Waals surface area contributed by atoms with E-state index >= 15 is 0 Å². The summed E-state index contributed by atoms with van der Waals surface area (Å²) in [4.78, 5) is 26.7. The van der Waals surface area contributed by atoms with Crippen molar-refractivity contribution >= 4 is 28.2 Å². The molecule has 1 aromatic heterocycles. The monoisotopic (exact) mass is 413 g/mol. The van der Waals surface area contributed by atoms with Crippen molar-refractivity contribution in [2.24, 2.45) is 0 Å². The fraction of sp³-hybridized carbons (Fsp3) is 0.381. The SMILES string of the molecule is COc1ccc(C)cc1CCC(=O)Nc1sc2c(c1C#N)CCN(C(=O)CO)C2. The average molecular weight is 413 g/mol. The maximum atomic E-state index is 12.5. The normalized spacial score (nSPS) is 12.8. The van der Waals surface area contributed by atoms with Crippen molar-refractivity contribution in [3.8, 4) is 11.8 Å². The molecule has 0 saturated carbocycles. The molecule has 2 N–H and O–H groups in total. The molecule has 2 heterocycles. The number of hydrogen-bond acceptors (Lipinski definition) is 6. The lowest BCUT2D eigenvalue weighted by Crippen LogP contribution is -2.37. The van der Waals surface area contributed by atoms with Crippen LogP contribution in [0.5, 0.6) is 5.75 Å². The van der Waals surface area contributed by atoms with Gasteiger partial charge in [0, 0.05) is 17.8 Å². The lowest BCUT2D eigenvalue weighted by Gasteiger charge is -2.26. The van der Waals surface area contributed by atoms with Gasteiger partial charge in [-0.05, 0) is 37.0 Å². The third-order valence-electron chi connectivity index (χ3n) is 4.97. The summed E-state index contributed by atoms with van der Waals surface area (Å²) in [5, 5.41) is 22.0. The molecular weight excluding hydrogens is 390 g/mol. The molecule has 0 fully saturated rings. The number of nitrogens with one attached hydrogen (secondary N) is 1. The summed E-state index contributed by atoms with van der Waals surface area (Å²) >= 11 is 1.32. The molecule has 3 rings (SSSR count). The van der Waals surface area contributed by atoms with Gasteiger partial charge in [0.05, 0.1) is 19.2 Å². The Bertz CT molecular complexity index is 977. The maximum absolute atomic E-state index is 12.5. The molecule has 0 bridgehead atoms. The Balaban J connectivity index is 1.70. The van der Waals surface area contributed by atoms with Crippen molar-refractivity contribution < 1.29 is 19.4 Å². The van der Waals surface area contributed by atoms with Crippen LogP contribution in [0.1, 0.15) is 33.6 Å². The second kappa shape index (κ2) is 9.07. The number of aliphatic hydroxyl groups excluding tert-OH is 1. The Kier molecular flexibility index (Phi) is 6.52. The Morgan fingerprint density at radius 2 is 2.21 bits per heavy atom. The van der Waals surface area contributed by atoms with E-state index in [1.54, 1.807) is 12.0 Å². The summed E-state index contributed by atoms with van der Waals surface area (Å²) in [6.07, 6.45) is 1.33. The molecule has 0 radical (unpaired) electrons. The number of amides is 2. The minimum atomic E-state index is -0.530. The number of fused-ring (bicyclic) bond motifs is 1. The number of ether oxygens (including phenoxy) is 1. The first-order valence-electron chi connectivity index (χ1n) is 9.33. The van der Waals surface area contributed by atoms with Gasteiger partial charge >= 0.3 is 0 Å². The molecule has 0 saturated heterocycles. The molecule has 0 spiro atoms. The third kappa shape index (κ3) is 4.58. The number of anilines is 1. The van der Waals surface area contributed by atoms with Gasteiger partial charge < -0.3 is 20.1 Å². The Morgan fingerprint density at radius 1 is 1.41 bits per heavy atom. The number of methoxy groups -OCH3 is 1. The first-order valence-corrected chi connectivity index (χ1v) is 10.1. The highest BCUT2D eigenvalue weighted by atomic mass is 32.1. The highest BCUT2D eigenvalue weighted by Gasteiger charge is 2.27. The highest BCUT2D eigenvalue weighted by Crippen LogP contribution is 2.36. The van der Waals surface area contributed by atoms with Gasteiger partial charge in [-0.25, -0.2) is 0 Å². The van der Waals surface area contributed by atoms with E-state index in [0.717, 1.165) is 27.3 Å². The van der Waals surface area contributed by atoms with Crippen LogP contribution in [0.15, 0.2) is 18.2 Å². The quantitative estimate of drug-likeness (QED) is 0.757. The second-order valence-electron chi connectivity index (χ2n) is 6.91. The van der Waals surface area contributed by atoms with Crippen LogP contribution in [0, 0.1) is 18.3 Å². The summed E-state index contributed by atoms with van der Waals surface area (Å²) in [6, 6.07) is 8.05. The molecule has 7 nitrogen and oxygen atoms in total. The van der Waals surface area contributed by atoms with Gasteiger partial charge in [-0.1, -0.05) is 17.7 Å². The van der Waals surface area contributed by atoms with E-state index in [1.807, 2.05) is 25.1 Å². The molecule has 8 heteroatoms. The smallest absolute Gasteiger partial charge is 0.248 e. The van der Waals surface area contributed by atoms with Crippen LogP contribution in [0.4, 0.5) is 5.00 Å². The Morgan fingerprint density at radius 3 is 2.90 bits per heavy atom. The van der Waals surface area contributed by atoms with Crippen molar-refractivity contribution in [3.63, 3.8) is 0 Å². The van der Waals surface area contributed by atoms with Crippen molar-refractivity contribution in [1.29, 1.82) is 5.26 Å². The van der Waals surface area contributed by atoms with Crippen LogP contribution in [-0.2, 0) is 29.0 Å². The largest absolute Gasteiger partial charge is 0.496 e. The molecule has 0 atom stereocenters. The van der Waals surface area contributed by atoms with Gasteiger partial charge in [-0.3, -0.25) is 9.59 Å². The van der Waals surface area contributed by atoms with E-state index < -0.39 is 6.61 Å². The molecule has 1 aliphatic rings. The molecule has 2 amide bonds.